The Kier molecular flexibility index (Phi) is 6.17. The Hall–Kier alpha value is -2.31. The lowest BCUT2D eigenvalue weighted by atomic mass is 10.1. The maximum Gasteiger partial charge on any atom is 0.412 e. The zero-order valence-electron chi connectivity index (χ0n) is 15.0. The van der Waals surface area contributed by atoms with E-state index < -0.39 is 29.2 Å². The fraction of sp³-hybridized carbons (Fsp3) is 0.529. The van der Waals surface area contributed by atoms with E-state index in [2.05, 4.69) is 10.6 Å². The fourth-order valence-corrected chi connectivity index (χ4v) is 1.74. The number of nitrogens with one attached hydrogen (secondary N) is 2. The van der Waals surface area contributed by atoms with E-state index in [9.17, 15) is 14.0 Å². The van der Waals surface area contributed by atoms with Gasteiger partial charge < -0.3 is 14.8 Å². The van der Waals surface area contributed by atoms with Crippen molar-refractivity contribution in [3.63, 3.8) is 0 Å². The van der Waals surface area contributed by atoms with Crippen molar-refractivity contribution in [1.82, 2.24) is 5.32 Å². The molecule has 0 spiro atoms. The third-order valence-corrected chi connectivity index (χ3v) is 2.56. The van der Waals surface area contributed by atoms with Crippen LogP contribution in [0.5, 0.6) is 0 Å². The molecule has 0 unspecified atom stereocenters. The molecule has 0 aromatic heterocycles. The zero-order valence-corrected chi connectivity index (χ0v) is 15.0. The van der Waals surface area contributed by atoms with Crippen LogP contribution in [0.15, 0.2) is 18.2 Å². The molecule has 0 heterocycles. The predicted octanol–water partition coefficient (Wildman–Crippen LogP) is 4.20. The Balaban J connectivity index is 2.81. The Morgan fingerprint density at radius 3 is 2.08 bits per heavy atom. The second-order valence-electron chi connectivity index (χ2n) is 7.25. The lowest BCUT2D eigenvalue weighted by molar-refractivity contribution is 0.0523. The van der Waals surface area contributed by atoms with Gasteiger partial charge in [0, 0.05) is 5.56 Å². The summed E-state index contributed by atoms with van der Waals surface area (Å²) < 4.78 is 24.3. The van der Waals surface area contributed by atoms with Crippen LogP contribution in [0.25, 0.3) is 0 Å². The van der Waals surface area contributed by atoms with Crippen LogP contribution in [0.1, 0.15) is 47.1 Å². The maximum atomic E-state index is 14.0. The molecule has 1 rings (SSSR count). The second kappa shape index (κ2) is 7.51. The topological polar surface area (TPSA) is 76.7 Å². The molecule has 7 heteroatoms. The number of rotatable bonds is 3. The number of hydrogen-bond donors (Lipinski definition) is 2. The first kappa shape index (κ1) is 19.7. The summed E-state index contributed by atoms with van der Waals surface area (Å²) >= 11 is 0. The van der Waals surface area contributed by atoms with Gasteiger partial charge in [-0.1, -0.05) is 6.07 Å². The number of carbonyl (C=O) groups is 2. The molecular formula is C17H25FN2O4. The molecule has 0 bridgehead atoms. The molecule has 24 heavy (non-hydrogen) atoms. The molecule has 0 saturated heterocycles. The highest BCUT2D eigenvalue weighted by molar-refractivity contribution is 5.86. The highest BCUT2D eigenvalue weighted by Crippen LogP contribution is 2.20. The van der Waals surface area contributed by atoms with Gasteiger partial charge in [-0.25, -0.2) is 14.0 Å². The van der Waals surface area contributed by atoms with Crippen LogP contribution in [-0.2, 0) is 16.0 Å². The van der Waals surface area contributed by atoms with E-state index >= 15 is 0 Å². The molecule has 6 nitrogen and oxygen atoms in total. The van der Waals surface area contributed by atoms with Crippen molar-refractivity contribution in [2.75, 3.05) is 5.32 Å². The van der Waals surface area contributed by atoms with Crippen molar-refractivity contribution in [2.24, 2.45) is 0 Å². The quantitative estimate of drug-likeness (QED) is 0.864. The van der Waals surface area contributed by atoms with Crippen molar-refractivity contribution >= 4 is 17.9 Å². The van der Waals surface area contributed by atoms with Crippen molar-refractivity contribution in [2.45, 2.75) is 59.3 Å². The Bertz CT molecular complexity index is 604. The van der Waals surface area contributed by atoms with E-state index in [-0.39, 0.29) is 17.8 Å². The fourth-order valence-electron chi connectivity index (χ4n) is 1.74. The van der Waals surface area contributed by atoms with Crippen LogP contribution in [-0.4, -0.2) is 23.4 Å². The molecule has 2 amide bonds. The average Bonchev–Trinajstić information content (AvgIpc) is 2.33. The Labute approximate surface area is 141 Å². The molecule has 0 aliphatic carbocycles. The Morgan fingerprint density at radius 2 is 1.54 bits per heavy atom. The van der Waals surface area contributed by atoms with E-state index in [1.807, 2.05) is 0 Å². The summed E-state index contributed by atoms with van der Waals surface area (Å²) in [5.41, 5.74) is -0.974. The molecule has 0 atom stereocenters. The molecule has 1 aromatic rings. The number of hydrogen-bond acceptors (Lipinski definition) is 4. The Morgan fingerprint density at radius 1 is 1.00 bits per heavy atom. The summed E-state index contributed by atoms with van der Waals surface area (Å²) in [6.07, 6.45) is -1.37. The summed E-state index contributed by atoms with van der Waals surface area (Å²) in [7, 11) is 0. The smallest absolute Gasteiger partial charge is 0.412 e. The molecule has 0 fully saturated rings. The molecule has 0 radical (unpaired) electrons. The summed E-state index contributed by atoms with van der Waals surface area (Å²) in [5.74, 6) is -0.556. The number of amides is 2. The summed E-state index contributed by atoms with van der Waals surface area (Å²) in [6.45, 7) is 10.2. The van der Waals surface area contributed by atoms with E-state index in [0.29, 0.717) is 0 Å². The van der Waals surface area contributed by atoms with Crippen molar-refractivity contribution in [1.29, 1.82) is 0 Å². The number of carbonyl (C=O) groups excluding carboxylic acids is 2. The molecular weight excluding hydrogens is 315 g/mol. The third-order valence-electron chi connectivity index (χ3n) is 2.56. The minimum atomic E-state index is -0.702. The number of anilines is 1. The third kappa shape index (κ3) is 7.30. The largest absolute Gasteiger partial charge is 0.444 e. The average molecular weight is 340 g/mol. The molecule has 0 saturated carbocycles. The minimum Gasteiger partial charge on any atom is -0.444 e. The molecule has 2 N–H and O–H groups in total. The van der Waals surface area contributed by atoms with Crippen LogP contribution in [0.2, 0.25) is 0 Å². The van der Waals surface area contributed by atoms with Gasteiger partial charge in [-0.15, -0.1) is 0 Å². The maximum absolute atomic E-state index is 14.0. The van der Waals surface area contributed by atoms with Gasteiger partial charge in [0.2, 0.25) is 0 Å². The van der Waals surface area contributed by atoms with Crippen molar-refractivity contribution in [3.05, 3.63) is 29.6 Å². The van der Waals surface area contributed by atoms with Crippen molar-refractivity contribution in [3.8, 4) is 0 Å². The second-order valence-corrected chi connectivity index (χ2v) is 7.25. The minimum absolute atomic E-state index is 0.132. The molecule has 1 aromatic carbocycles. The van der Waals surface area contributed by atoms with Gasteiger partial charge in [0.1, 0.15) is 17.0 Å². The van der Waals surface area contributed by atoms with E-state index in [1.165, 1.54) is 18.2 Å². The van der Waals surface area contributed by atoms with Gasteiger partial charge >= 0.3 is 12.2 Å². The lowest BCUT2D eigenvalue weighted by Gasteiger charge is -2.21. The van der Waals surface area contributed by atoms with Gasteiger partial charge in [-0.3, -0.25) is 5.32 Å². The summed E-state index contributed by atoms with van der Waals surface area (Å²) in [4.78, 5) is 23.5. The van der Waals surface area contributed by atoms with Crippen LogP contribution < -0.4 is 10.6 Å². The summed E-state index contributed by atoms with van der Waals surface area (Å²) in [6, 6.07) is 4.23. The first-order chi connectivity index (χ1) is 10.9. The number of ether oxygens (including phenoxy) is 2. The van der Waals surface area contributed by atoms with E-state index in [1.54, 1.807) is 41.5 Å². The zero-order chi connectivity index (χ0) is 18.5. The van der Waals surface area contributed by atoms with Crippen LogP contribution in [0.4, 0.5) is 19.7 Å². The molecule has 134 valence electrons. The molecule has 0 aliphatic rings. The van der Waals surface area contributed by atoms with Gasteiger partial charge in [-0.2, -0.15) is 0 Å². The SMILES string of the molecule is CC(C)(C)OC(=O)NCc1c(F)cccc1NC(=O)OC(C)(C)C. The standard InChI is InChI=1S/C17H25FN2O4/c1-16(2,3)23-14(21)19-10-11-12(18)8-7-9-13(11)20-15(22)24-17(4,5)6/h7-9H,10H2,1-6H3,(H,19,21)(H,20,22). The lowest BCUT2D eigenvalue weighted by Crippen LogP contribution is -2.32. The highest BCUT2D eigenvalue weighted by atomic mass is 19.1. The van der Waals surface area contributed by atoms with Crippen molar-refractivity contribution < 1.29 is 23.5 Å². The van der Waals surface area contributed by atoms with Crippen LogP contribution in [0, 0.1) is 5.82 Å². The van der Waals surface area contributed by atoms with Gasteiger partial charge in [0.05, 0.1) is 12.2 Å². The number of alkyl carbamates (subject to hydrolysis) is 1. The van der Waals surface area contributed by atoms with Gasteiger partial charge in [0.15, 0.2) is 0 Å². The van der Waals surface area contributed by atoms with Crippen LogP contribution in [0.3, 0.4) is 0 Å². The first-order valence-electron chi connectivity index (χ1n) is 7.61. The van der Waals surface area contributed by atoms with E-state index in [0.717, 1.165) is 0 Å². The monoisotopic (exact) mass is 340 g/mol. The number of benzene rings is 1. The normalized spacial score (nSPS) is 11.6. The first-order valence-corrected chi connectivity index (χ1v) is 7.61. The van der Waals surface area contributed by atoms with Crippen LogP contribution >= 0.6 is 0 Å². The number of halogens is 1. The highest BCUT2D eigenvalue weighted by Gasteiger charge is 2.20. The van der Waals surface area contributed by atoms with Gasteiger partial charge in [-0.05, 0) is 53.7 Å². The van der Waals surface area contributed by atoms with E-state index in [4.69, 9.17) is 9.47 Å². The van der Waals surface area contributed by atoms with Gasteiger partial charge in [0.25, 0.3) is 0 Å². The predicted molar refractivity (Wildman–Crippen MR) is 89.3 cm³/mol. The molecule has 0 aliphatic heterocycles. The summed E-state index contributed by atoms with van der Waals surface area (Å²) in [5, 5.41) is 4.95.